The predicted octanol–water partition coefficient (Wildman–Crippen LogP) is 1.21. The summed E-state index contributed by atoms with van der Waals surface area (Å²) in [6, 6.07) is 1.59. The fourth-order valence-electron chi connectivity index (χ4n) is 1.31. The van der Waals surface area contributed by atoms with Gasteiger partial charge in [0.1, 0.15) is 0 Å². The monoisotopic (exact) mass is 209 g/mol. The first kappa shape index (κ1) is 11.0. The van der Waals surface area contributed by atoms with E-state index in [2.05, 4.69) is 5.10 Å². The lowest BCUT2D eigenvalue weighted by Crippen LogP contribution is -1.98. The zero-order valence-electron chi connectivity index (χ0n) is 8.39. The molecule has 0 fully saturated rings. The van der Waals surface area contributed by atoms with Crippen LogP contribution in [0.3, 0.4) is 0 Å². The van der Waals surface area contributed by atoms with Crippen LogP contribution in [0.25, 0.3) is 0 Å². The van der Waals surface area contributed by atoms with Crippen LogP contribution >= 0.6 is 0 Å². The van der Waals surface area contributed by atoms with Crippen molar-refractivity contribution in [2.24, 2.45) is 10.9 Å². The minimum Gasteiger partial charge on any atom is -0.502 e. The highest BCUT2D eigenvalue weighted by Crippen LogP contribution is 2.34. The smallest absolute Gasteiger partial charge is 0.314 e. The molecule has 0 aliphatic rings. The van der Waals surface area contributed by atoms with Crippen LogP contribution in [0.1, 0.15) is 16.7 Å². The molecule has 0 aliphatic heterocycles. The van der Waals surface area contributed by atoms with E-state index in [1.807, 2.05) is 0 Å². The molecule has 0 saturated carbocycles. The molecule has 0 spiro atoms. The number of hydrogen-bond acceptors (Lipinski definition) is 5. The van der Waals surface area contributed by atoms with Crippen LogP contribution in [-0.4, -0.2) is 16.2 Å². The van der Waals surface area contributed by atoms with Gasteiger partial charge in [0.15, 0.2) is 0 Å². The number of phenolic OH excluding ortho intramolecular Hbond substituents is 1. The number of aromatic hydroxyl groups is 1. The Morgan fingerprint density at radius 2 is 2.20 bits per heavy atom. The van der Waals surface area contributed by atoms with Crippen molar-refractivity contribution >= 4 is 11.9 Å². The third-order valence-corrected chi connectivity index (χ3v) is 2.21. The third kappa shape index (κ3) is 1.88. The molecule has 15 heavy (non-hydrogen) atoms. The molecule has 0 saturated heterocycles. The number of nitro benzene ring substituents is 1. The average Bonchev–Trinajstić information content (AvgIpc) is 2.14. The largest absolute Gasteiger partial charge is 0.502 e. The van der Waals surface area contributed by atoms with Crippen molar-refractivity contribution in [3.05, 3.63) is 32.9 Å². The van der Waals surface area contributed by atoms with E-state index in [4.69, 9.17) is 5.84 Å². The lowest BCUT2D eigenvalue weighted by molar-refractivity contribution is -0.386. The van der Waals surface area contributed by atoms with Gasteiger partial charge in [0, 0.05) is 11.1 Å². The molecule has 0 aromatic heterocycles. The number of aryl methyl sites for hydroxylation is 1. The molecule has 0 amide bonds. The molecular weight excluding hydrogens is 198 g/mol. The van der Waals surface area contributed by atoms with Crippen LogP contribution in [0.5, 0.6) is 5.75 Å². The highest BCUT2D eigenvalue weighted by atomic mass is 16.6. The van der Waals surface area contributed by atoms with E-state index in [0.717, 1.165) is 0 Å². The van der Waals surface area contributed by atoms with Crippen molar-refractivity contribution in [1.82, 2.24) is 0 Å². The summed E-state index contributed by atoms with van der Waals surface area (Å²) in [5.74, 6) is 4.53. The van der Waals surface area contributed by atoms with E-state index >= 15 is 0 Å². The van der Waals surface area contributed by atoms with Gasteiger partial charge in [-0.1, -0.05) is 0 Å². The van der Waals surface area contributed by atoms with Gasteiger partial charge in [0.25, 0.3) is 0 Å². The van der Waals surface area contributed by atoms with Crippen molar-refractivity contribution in [3.63, 3.8) is 0 Å². The molecule has 0 atom stereocenters. The van der Waals surface area contributed by atoms with Crippen molar-refractivity contribution in [2.75, 3.05) is 0 Å². The summed E-state index contributed by atoms with van der Waals surface area (Å²) in [6.45, 7) is 3.30. The summed E-state index contributed by atoms with van der Waals surface area (Å²) >= 11 is 0. The summed E-state index contributed by atoms with van der Waals surface area (Å²) in [7, 11) is 0. The summed E-state index contributed by atoms with van der Waals surface area (Å²) in [5, 5.41) is 23.6. The number of nitrogens with two attached hydrogens (primary N) is 1. The zero-order chi connectivity index (χ0) is 11.6. The molecule has 1 aromatic carbocycles. The Labute approximate surface area is 86.2 Å². The number of hydrazone groups is 1. The second kappa shape index (κ2) is 3.95. The van der Waals surface area contributed by atoms with Crippen LogP contribution in [0, 0.1) is 24.0 Å². The highest BCUT2D eigenvalue weighted by molar-refractivity contribution is 5.86. The molecule has 0 heterocycles. The maximum Gasteiger partial charge on any atom is 0.314 e. The van der Waals surface area contributed by atoms with E-state index in [-0.39, 0.29) is 11.3 Å². The molecular formula is C9H11N3O3. The standard InChI is InChI=1S/C9H11N3O3/c1-5-3-7(4-11-10)9(13)8(6(5)2)12(14)15/h3-4,13H,10H2,1-2H3. The maximum atomic E-state index is 10.7. The van der Waals surface area contributed by atoms with Crippen molar-refractivity contribution in [3.8, 4) is 5.75 Å². The fourth-order valence-corrected chi connectivity index (χ4v) is 1.31. The van der Waals surface area contributed by atoms with Gasteiger partial charge in [0.05, 0.1) is 11.1 Å². The van der Waals surface area contributed by atoms with Crippen molar-refractivity contribution in [2.45, 2.75) is 13.8 Å². The first-order chi connectivity index (χ1) is 6.99. The summed E-state index contributed by atoms with van der Waals surface area (Å²) < 4.78 is 0. The topological polar surface area (TPSA) is 102 Å². The second-order valence-electron chi connectivity index (χ2n) is 3.14. The van der Waals surface area contributed by atoms with Crippen LogP contribution in [0.4, 0.5) is 5.69 Å². The van der Waals surface area contributed by atoms with Gasteiger partial charge < -0.3 is 10.9 Å². The first-order valence-corrected chi connectivity index (χ1v) is 4.19. The van der Waals surface area contributed by atoms with Crippen molar-refractivity contribution in [1.29, 1.82) is 0 Å². The number of nitrogens with zero attached hydrogens (tertiary/aromatic N) is 2. The molecule has 1 aromatic rings. The van der Waals surface area contributed by atoms with Crippen LogP contribution in [-0.2, 0) is 0 Å². The Morgan fingerprint density at radius 3 is 2.67 bits per heavy atom. The van der Waals surface area contributed by atoms with Crippen LogP contribution in [0.15, 0.2) is 11.2 Å². The van der Waals surface area contributed by atoms with Gasteiger partial charge in [-0.2, -0.15) is 5.10 Å². The number of rotatable bonds is 2. The van der Waals surface area contributed by atoms with Gasteiger partial charge in [-0.05, 0) is 25.5 Å². The molecule has 80 valence electrons. The minimum atomic E-state index is -0.620. The molecule has 3 N–H and O–H groups in total. The molecule has 0 bridgehead atoms. The molecule has 1 rings (SSSR count). The first-order valence-electron chi connectivity index (χ1n) is 4.19. The molecule has 0 aliphatic carbocycles. The van der Waals surface area contributed by atoms with Crippen molar-refractivity contribution < 1.29 is 10.0 Å². The summed E-state index contributed by atoms with van der Waals surface area (Å²) in [4.78, 5) is 10.1. The Bertz CT molecular complexity index is 441. The Balaban J connectivity index is 3.56. The predicted molar refractivity (Wildman–Crippen MR) is 56.0 cm³/mol. The van der Waals surface area contributed by atoms with Gasteiger partial charge in [-0.15, -0.1) is 0 Å². The molecule has 6 nitrogen and oxygen atoms in total. The maximum absolute atomic E-state index is 10.7. The van der Waals surface area contributed by atoms with Gasteiger partial charge >= 0.3 is 5.69 Å². The number of benzene rings is 1. The van der Waals surface area contributed by atoms with Gasteiger partial charge in [-0.3, -0.25) is 10.1 Å². The second-order valence-corrected chi connectivity index (χ2v) is 3.14. The van der Waals surface area contributed by atoms with E-state index < -0.39 is 10.7 Å². The molecule has 6 heteroatoms. The average molecular weight is 209 g/mol. The Kier molecular flexibility index (Phi) is 2.89. The van der Waals surface area contributed by atoms with E-state index in [1.54, 1.807) is 19.9 Å². The van der Waals surface area contributed by atoms with E-state index in [0.29, 0.717) is 11.1 Å². The fraction of sp³-hybridized carbons (Fsp3) is 0.222. The number of phenols is 1. The van der Waals surface area contributed by atoms with Crippen LogP contribution in [0.2, 0.25) is 0 Å². The van der Waals surface area contributed by atoms with Gasteiger partial charge in [0.2, 0.25) is 5.75 Å². The number of nitro groups is 1. The highest BCUT2D eigenvalue weighted by Gasteiger charge is 2.21. The van der Waals surface area contributed by atoms with E-state index in [9.17, 15) is 15.2 Å². The summed E-state index contributed by atoms with van der Waals surface area (Å²) in [5.41, 5.74) is 1.08. The zero-order valence-corrected chi connectivity index (χ0v) is 8.39. The number of hydrogen-bond donors (Lipinski definition) is 2. The molecule has 0 unspecified atom stereocenters. The lowest BCUT2D eigenvalue weighted by Gasteiger charge is -2.06. The normalized spacial score (nSPS) is 10.8. The molecule has 0 radical (unpaired) electrons. The SMILES string of the molecule is Cc1cc(C=NN)c(O)c([N+](=O)[O-])c1C. The minimum absolute atomic E-state index is 0.243. The van der Waals surface area contributed by atoms with Gasteiger partial charge in [-0.25, -0.2) is 0 Å². The van der Waals surface area contributed by atoms with Crippen LogP contribution < -0.4 is 5.84 Å². The Morgan fingerprint density at radius 1 is 1.60 bits per heavy atom. The summed E-state index contributed by atoms with van der Waals surface area (Å²) in [6.07, 6.45) is 1.18. The third-order valence-electron chi connectivity index (χ3n) is 2.21. The quantitative estimate of drug-likeness (QED) is 0.330. The van der Waals surface area contributed by atoms with E-state index in [1.165, 1.54) is 6.21 Å². The lowest BCUT2D eigenvalue weighted by atomic mass is 10.0. The Hall–Kier alpha value is -2.11.